The number of aromatic nitrogens is 1. The zero-order valence-electron chi connectivity index (χ0n) is 9.82. The van der Waals surface area contributed by atoms with E-state index in [1.54, 1.807) is 0 Å². The molecule has 1 aliphatic rings. The molecular weight excluding hydrogens is 255 g/mol. The standard InChI is InChI=1S/C13H16N2.2ClH/c1-2-10-13-9-5-3-4-6-11(9)15-12(13)7-8-14-10;;/h3-6,10,14-15H,2,7-8H2,1H3;2*1H. The molecule has 2 N–H and O–H groups in total. The minimum absolute atomic E-state index is 0. The van der Waals surface area contributed by atoms with Gasteiger partial charge in [-0.1, -0.05) is 25.1 Å². The largest absolute Gasteiger partial charge is 0.358 e. The van der Waals surface area contributed by atoms with Gasteiger partial charge < -0.3 is 10.3 Å². The number of fused-ring (bicyclic) bond motifs is 3. The summed E-state index contributed by atoms with van der Waals surface area (Å²) in [6.07, 6.45) is 2.29. The topological polar surface area (TPSA) is 27.8 Å². The van der Waals surface area contributed by atoms with E-state index in [-0.39, 0.29) is 24.8 Å². The zero-order valence-corrected chi connectivity index (χ0v) is 11.5. The fraction of sp³-hybridized carbons (Fsp3) is 0.385. The number of para-hydroxylation sites is 1. The minimum Gasteiger partial charge on any atom is -0.358 e. The summed E-state index contributed by atoms with van der Waals surface area (Å²) in [5.41, 5.74) is 4.21. The summed E-state index contributed by atoms with van der Waals surface area (Å²) in [6.45, 7) is 3.34. The first kappa shape index (κ1) is 14.4. The third-order valence-electron chi connectivity index (χ3n) is 3.35. The highest BCUT2D eigenvalue weighted by molar-refractivity contribution is 5.86. The quantitative estimate of drug-likeness (QED) is 0.816. The predicted molar refractivity (Wildman–Crippen MR) is 77.5 cm³/mol. The monoisotopic (exact) mass is 272 g/mol. The van der Waals surface area contributed by atoms with Crippen molar-refractivity contribution in [2.75, 3.05) is 6.54 Å². The summed E-state index contributed by atoms with van der Waals surface area (Å²) in [5.74, 6) is 0. The molecule has 17 heavy (non-hydrogen) atoms. The molecule has 4 heteroatoms. The van der Waals surface area contributed by atoms with E-state index in [9.17, 15) is 0 Å². The molecule has 0 spiro atoms. The van der Waals surface area contributed by atoms with E-state index in [1.165, 1.54) is 22.2 Å². The van der Waals surface area contributed by atoms with Crippen LogP contribution in [0, 0.1) is 0 Å². The van der Waals surface area contributed by atoms with Gasteiger partial charge in [0, 0.05) is 35.6 Å². The summed E-state index contributed by atoms with van der Waals surface area (Å²) >= 11 is 0. The van der Waals surface area contributed by atoms with E-state index in [4.69, 9.17) is 0 Å². The molecule has 0 radical (unpaired) electrons. The smallest absolute Gasteiger partial charge is 0.0459 e. The Balaban J connectivity index is 0.000000722. The normalized spacial score (nSPS) is 18.1. The number of aromatic amines is 1. The zero-order chi connectivity index (χ0) is 10.3. The molecule has 1 aliphatic heterocycles. The van der Waals surface area contributed by atoms with Crippen LogP contribution in [0.5, 0.6) is 0 Å². The van der Waals surface area contributed by atoms with Gasteiger partial charge in [-0.3, -0.25) is 0 Å². The van der Waals surface area contributed by atoms with Crippen LogP contribution in [0.4, 0.5) is 0 Å². The molecule has 94 valence electrons. The van der Waals surface area contributed by atoms with Crippen molar-refractivity contribution >= 4 is 35.7 Å². The Kier molecular flexibility index (Phi) is 4.87. The minimum atomic E-state index is 0. The molecule has 2 aromatic rings. The number of nitrogens with one attached hydrogen (secondary N) is 2. The Bertz CT molecular complexity index is 493. The van der Waals surface area contributed by atoms with Crippen LogP contribution in [-0.4, -0.2) is 11.5 Å². The van der Waals surface area contributed by atoms with Gasteiger partial charge in [0.25, 0.3) is 0 Å². The predicted octanol–water partition coefficient (Wildman–Crippen LogP) is 3.61. The lowest BCUT2D eigenvalue weighted by Crippen LogP contribution is -2.28. The molecule has 0 aliphatic carbocycles. The van der Waals surface area contributed by atoms with Crippen molar-refractivity contribution in [2.24, 2.45) is 0 Å². The van der Waals surface area contributed by atoms with Crippen molar-refractivity contribution in [3.05, 3.63) is 35.5 Å². The maximum absolute atomic E-state index is 3.58. The lowest BCUT2D eigenvalue weighted by Gasteiger charge is -2.23. The van der Waals surface area contributed by atoms with Crippen LogP contribution in [0.3, 0.4) is 0 Å². The van der Waals surface area contributed by atoms with Crippen LogP contribution in [0.15, 0.2) is 24.3 Å². The van der Waals surface area contributed by atoms with Crippen LogP contribution in [0.25, 0.3) is 10.9 Å². The van der Waals surface area contributed by atoms with Crippen LogP contribution in [-0.2, 0) is 6.42 Å². The number of benzene rings is 1. The molecule has 3 rings (SSSR count). The first-order valence-corrected chi connectivity index (χ1v) is 5.73. The molecule has 0 amide bonds. The number of hydrogen-bond donors (Lipinski definition) is 2. The first-order chi connectivity index (χ1) is 7.40. The Labute approximate surface area is 114 Å². The van der Waals surface area contributed by atoms with E-state index in [1.807, 2.05) is 0 Å². The molecular formula is C13H18Cl2N2. The average molecular weight is 273 g/mol. The number of halogens is 2. The van der Waals surface area contributed by atoms with Gasteiger partial charge in [0.1, 0.15) is 0 Å². The number of hydrogen-bond acceptors (Lipinski definition) is 1. The summed E-state index contributed by atoms with van der Waals surface area (Å²) < 4.78 is 0. The number of H-pyrrole nitrogens is 1. The van der Waals surface area contributed by atoms with Crippen LogP contribution in [0.1, 0.15) is 30.6 Å². The van der Waals surface area contributed by atoms with E-state index < -0.39 is 0 Å². The van der Waals surface area contributed by atoms with Crippen molar-refractivity contribution in [3.8, 4) is 0 Å². The molecule has 1 aromatic heterocycles. The van der Waals surface area contributed by atoms with Gasteiger partial charge in [-0.05, 0) is 18.1 Å². The lowest BCUT2D eigenvalue weighted by molar-refractivity contribution is 0.493. The lowest BCUT2D eigenvalue weighted by atomic mass is 9.96. The van der Waals surface area contributed by atoms with Gasteiger partial charge in [0.05, 0.1) is 0 Å². The second-order valence-corrected chi connectivity index (χ2v) is 4.23. The van der Waals surface area contributed by atoms with Crippen LogP contribution in [0.2, 0.25) is 0 Å². The summed E-state index contributed by atoms with van der Waals surface area (Å²) in [5, 5.41) is 4.98. The highest BCUT2D eigenvalue weighted by atomic mass is 35.5. The fourth-order valence-corrected chi connectivity index (χ4v) is 2.64. The Hall–Kier alpha value is -0.700. The van der Waals surface area contributed by atoms with E-state index in [0.29, 0.717) is 6.04 Å². The van der Waals surface area contributed by atoms with Crippen molar-refractivity contribution in [1.82, 2.24) is 10.3 Å². The second kappa shape index (κ2) is 5.76. The summed E-state index contributed by atoms with van der Waals surface area (Å²) in [4.78, 5) is 3.54. The maximum Gasteiger partial charge on any atom is 0.0459 e. The highest BCUT2D eigenvalue weighted by Crippen LogP contribution is 2.32. The Morgan fingerprint density at radius 3 is 2.76 bits per heavy atom. The Morgan fingerprint density at radius 1 is 1.24 bits per heavy atom. The SMILES string of the molecule is CCC1NCCc2[nH]c3ccccc3c21.Cl.Cl. The summed E-state index contributed by atoms with van der Waals surface area (Å²) in [6, 6.07) is 9.14. The Morgan fingerprint density at radius 2 is 2.00 bits per heavy atom. The van der Waals surface area contributed by atoms with E-state index in [2.05, 4.69) is 41.5 Å². The third-order valence-corrected chi connectivity index (χ3v) is 3.35. The van der Waals surface area contributed by atoms with Gasteiger partial charge in [-0.25, -0.2) is 0 Å². The van der Waals surface area contributed by atoms with Crippen LogP contribution >= 0.6 is 24.8 Å². The third kappa shape index (κ3) is 2.30. The molecule has 1 atom stereocenters. The van der Waals surface area contributed by atoms with Crippen molar-refractivity contribution < 1.29 is 0 Å². The van der Waals surface area contributed by atoms with Gasteiger partial charge in [0.15, 0.2) is 0 Å². The maximum atomic E-state index is 3.58. The molecule has 1 unspecified atom stereocenters. The van der Waals surface area contributed by atoms with Gasteiger partial charge >= 0.3 is 0 Å². The molecule has 2 heterocycles. The molecule has 0 saturated carbocycles. The van der Waals surface area contributed by atoms with E-state index in [0.717, 1.165) is 19.4 Å². The molecule has 0 fully saturated rings. The second-order valence-electron chi connectivity index (χ2n) is 4.23. The fourth-order valence-electron chi connectivity index (χ4n) is 2.64. The average Bonchev–Trinajstić information content (AvgIpc) is 2.67. The molecule has 1 aromatic carbocycles. The first-order valence-electron chi connectivity index (χ1n) is 5.73. The molecule has 0 bridgehead atoms. The molecule has 0 saturated heterocycles. The van der Waals surface area contributed by atoms with Crippen molar-refractivity contribution in [1.29, 1.82) is 0 Å². The van der Waals surface area contributed by atoms with Gasteiger partial charge in [-0.2, -0.15) is 0 Å². The van der Waals surface area contributed by atoms with Crippen LogP contribution < -0.4 is 5.32 Å². The van der Waals surface area contributed by atoms with Crippen molar-refractivity contribution in [3.63, 3.8) is 0 Å². The highest BCUT2D eigenvalue weighted by Gasteiger charge is 2.22. The molecule has 2 nitrogen and oxygen atoms in total. The number of rotatable bonds is 1. The summed E-state index contributed by atoms with van der Waals surface area (Å²) in [7, 11) is 0. The van der Waals surface area contributed by atoms with Gasteiger partial charge in [-0.15, -0.1) is 24.8 Å². The van der Waals surface area contributed by atoms with Crippen molar-refractivity contribution in [2.45, 2.75) is 25.8 Å². The van der Waals surface area contributed by atoms with Gasteiger partial charge in [0.2, 0.25) is 0 Å². The van der Waals surface area contributed by atoms with E-state index >= 15 is 0 Å².